The second-order valence-corrected chi connectivity index (χ2v) is 5.09. The van der Waals surface area contributed by atoms with Gasteiger partial charge >= 0.3 is 0 Å². The van der Waals surface area contributed by atoms with Crippen LogP contribution in [0.15, 0.2) is 34.9 Å². The molecule has 0 saturated heterocycles. The molecule has 2 aromatic rings. The summed E-state index contributed by atoms with van der Waals surface area (Å²) in [5.74, 6) is 1.68. The first-order valence-corrected chi connectivity index (χ1v) is 6.87. The number of nitrogens with one attached hydrogen (secondary N) is 1. The van der Waals surface area contributed by atoms with Crippen LogP contribution < -0.4 is 10.1 Å². The Morgan fingerprint density at radius 2 is 1.95 bits per heavy atom. The molecule has 0 aliphatic heterocycles. The second-order valence-electron chi connectivity index (χ2n) is 4.17. The maximum absolute atomic E-state index is 5.62. The minimum Gasteiger partial charge on any atom is -0.492 e. The van der Waals surface area contributed by atoms with Gasteiger partial charge in [-0.05, 0) is 38.1 Å². The largest absolute Gasteiger partial charge is 0.492 e. The van der Waals surface area contributed by atoms with Crippen molar-refractivity contribution in [2.75, 3.05) is 18.5 Å². The summed E-state index contributed by atoms with van der Waals surface area (Å²) >= 11 is 3.39. The van der Waals surface area contributed by atoms with Gasteiger partial charge in [-0.25, -0.2) is 4.98 Å². The van der Waals surface area contributed by atoms with Gasteiger partial charge in [-0.15, -0.1) is 0 Å². The van der Waals surface area contributed by atoms with E-state index in [0.29, 0.717) is 13.2 Å². The Morgan fingerprint density at radius 1 is 1.21 bits per heavy atom. The van der Waals surface area contributed by atoms with E-state index in [0.717, 1.165) is 27.4 Å². The topological polar surface area (TPSA) is 47.0 Å². The highest BCUT2D eigenvalue weighted by molar-refractivity contribution is 9.10. The van der Waals surface area contributed by atoms with Crippen molar-refractivity contribution in [3.63, 3.8) is 0 Å². The third-order valence-electron chi connectivity index (χ3n) is 2.55. The predicted molar refractivity (Wildman–Crippen MR) is 79.6 cm³/mol. The molecule has 0 spiro atoms. The maximum Gasteiger partial charge on any atom is 0.147 e. The van der Waals surface area contributed by atoms with Crippen molar-refractivity contribution in [1.29, 1.82) is 0 Å². The highest BCUT2D eigenvalue weighted by atomic mass is 79.9. The van der Waals surface area contributed by atoms with Crippen molar-refractivity contribution in [2.45, 2.75) is 13.8 Å². The summed E-state index contributed by atoms with van der Waals surface area (Å²) < 4.78 is 6.67. The van der Waals surface area contributed by atoms with Crippen LogP contribution >= 0.6 is 15.9 Å². The third-order valence-corrected chi connectivity index (χ3v) is 3.08. The van der Waals surface area contributed by atoms with Gasteiger partial charge in [-0.1, -0.05) is 15.9 Å². The number of anilines is 1. The van der Waals surface area contributed by atoms with Crippen molar-refractivity contribution in [3.8, 4) is 5.75 Å². The molecule has 0 amide bonds. The standard InChI is InChI=1S/C14H16BrN3O/c1-10-9-17-11(2)14(18-10)16-7-8-19-13-5-3-12(15)4-6-13/h3-6,9H,7-8H2,1-2H3,(H,16,18). The maximum atomic E-state index is 5.62. The number of benzene rings is 1. The number of halogens is 1. The number of ether oxygens (including phenoxy) is 1. The highest BCUT2D eigenvalue weighted by Crippen LogP contribution is 2.16. The zero-order valence-corrected chi connectivity index (χ0v) is 12.6. The van der Waals surface area contributed by atoms with Crippen LogP contribution in [0.3, 0.4) is 0 Å². The Kier molecular flexibility index (Phi) is 4.74. The first-order chi connectivity index (χ1) is 9.15. The average Bonchev–Trinajstić information content (AvgIpc) is 2.40. The molecule has 5 heteroatoms. The minimum atomic E-state index is 0.580. The molecule has 0 bridgehead atoms. The van der Waals surface area contributed by atoms with Crippen molar-refractivity contribution in [1.82, 2.24) is 9.97 Å². The Bertz CT molecular complexity index is 543. The van der Waals surface area contributed by atoms with Gasteiger partial charge in [0.2, 0.25) is 0 Å². The van der Waals surface area contributed by atoms with Crippen LogP contribution in [0.2, 0.25) is 0 Å². The third kappa shape index (κ3) is 4.21. The average molecular weight is 322 g/mol. The number of aromatic nitrogens is 2. The van der Waals surface area contributed by atoms with Crippen molar-refractivity contribution in [3.05, 3.63) is 46.3 Å². The molecule has 0 atom stereocenters. The van der Waals surface area contributed by atoms with E-state index in [2.05, 4.69) is 31.2 Å². The predicted octanol–water partition coefficient (Wildman–Crippen LogP) is 3.35. The lowest BCUT2D eigenvalue weighted by Gasteiger charge is -2.10. The van der Waals surface area contributed by atoms with Crippen molar-refractivity contribution in [2.24, 2.45) is 0 Å². The molecule has 100 valence electrons. The zero-order chi connectivity index (χ0) is 13.7. The fraction of sp³-hybridized carbons (Fsp3) is 0.286. The number of hydrogen-bond donors (Lipinski definition) is 1. The van der Waals surface area contributed by atoms with Crippen LogP contribution in [0.5, 0.6) is 5.75 Å². The summed E-state index contributed by atoms with van der Waals surface area (Å²) in [6, 6.07) is 7.78. The summed E-state index contributed by atoms with van der Waals surface area (Å²) in [6.45, 7) is 5.13. The van der Waals surface area contributed by atoms with E-state index in [-0.39, 0.29) is 0 Å². The first kappa shape index (κ1) is 13.8. The molecule has 4 nitrogen and oxygen atoms in total. The summed E-state index contributed by atoms with van der Waals surface area (Å²) in [6.07, 6.45) is 1.76. The summed E-state index contributed by atoms with van der Waals surface area (Å²) in [7, 11) is 0. The molecule has 2 rings (SSSR count). The molecule has 0 fully saturated rings. The van der Waals surface area contributed by atoms with Gasteiger partial charge in [-0.3, -0.25) is 4.98 Å². The Labute approximate surface area is 121 Å². The molecule has 1 heterocycles. The fourth-order valence-electron chi connectivity index (χ4n) is 1.57. The number of nitrogens with zero attached hydrogens (tertiary/aromatic N) is 2. The molecular formula is C14H16BrN3O. The molecule has 19 heavy (non-hydrogen) atoms. The van der Waals surface area contributed by atoms with Crippen LogP contribution in [0.4, 0.5) is 5.82 Å². The lowest BCUT2D eigenvalue weighted by atomic mass is 10.3. The Hall–Kier alpha value is -1.62. The molecule has 0 aliphatic carbocycles. The Morgan fingerprint density at radius 3 is 2.68 bits per heavy atom. The number of rotatable bonds is 5. The van der Waals surface area contributed by atoms with Crippen molar-refractivity contribution < 1.29 is 4.74 Å². The summed E-state index contributed by atoms with van der Waals surface area (Å²) in [5, 5.41) is 3.23. The fourth-order valence-corrected chi connectivity index (χ4v) is 1.84. The van der Waals surface area contributed by atoms with E-state index in [1.165, 1.54) is 0 Å². The lowest BCUT2D eigenvalue weighted by Crippen LogP contribution is -2.13. The van der Waals surface area contributed by atoms with Gasteiger partial charge in [0.15, 0.2) is 0 Å². The summed E-state index contributed by atoms with van der Waals surface area (Å²) in [4.78, 5) is 8.65. The Balaban J connectivity index is 1.80. The van der Waals surface area contributed by atoms with Gasteiger partial charge in [0.1, 0.15) is 18.2 Å². The van der Waals surface area contributed by atoms with E-state index < -0.39 is 0 Å². The van der Waals surface area contributed by atoms with Crippen LogP contribution in [0.1, 0.15) is 11.4 Å². The van der Waals surface area contributed by atoms with Crippen LogP contribution in [-0.4, -0.2) is 23.1 Å². The first-order valence-electron chi connectivity index (χ1n) is 6.07. The number of hydrogen-bond acceptors (Lipinski definition) is 4. The molecule has 1 aromatic heterocycles. The number of aryl methyl sites for hydroxylation is 2. The zero-order valence-electron chi connectivity index (χ0n) is 11.0. The highest BCUT2D eigenvalue weighted by Gasteiger charge is 2.01. The van der Waals surface area contributed by atoms with Gasteiger partial charge in [0.25, 0.3) is 0 Å². The van der Waals surface area contributed by atoms with E-state index >= 15 is 0 Å². The summed E-state index contributed by atoms with van der Waals surface area (Å²) in [5.41, 5.74) is 1.80. The van der Waals surface area contributed by atoms with E-state index in [1.54, 1.807) is 6.20 Å². The molecule has 1 N–H and O–H groups in total. The molecule has 0 saturated carbocycles. The van der Waals surface area contributed by atoms with E-state index in [9.17, 15) is 0 Å². The van der Waals surface area contributed by atoms with Crippen molar-refractivity contribution >= 4 is 21.7 Å². The van der Waals surface area contributed by atoms with Crippen LogP contribution in [-0.2, 0) is 0 Å². The normalized spacial score (nSPS) is 10.3. The quantitative estimate of drug-likeness (QED) is 0.858. The smallest absolute Gasteiger partial charge is 0.147 e. The van der Waals surface area contributed by atoms with Crippen LogP contribution in [0.25, 0.3) is 0 Å². The van der Waals surface area contributed by atoms with Crippen LogP contribution in [0, 0.1) is 13.8 Å². The van der Waals surface area contributed by atoms with Gasteiger partial charge in [0.05, 0.1) is 17.9 Å². The second kappa shape index (κ2) is 6.52. The van der Waals surface area contributed by atoms with Gasteiger partial charge in [0, 0.05) is 10.7 Å². The van der Waals surface area contributed by atoms with Gasteiger partial charge < -0.3 is 10.1 Å². The molecule has 0 aliphatic rings. The molecule has 0 radical (unpaired) electrons. The monoisotopic (exact) mass is 321 g/mol. The van der Waals surface area contributed by atoms with Gasteiger partial charge in [-0.2, -0.15) is 0 Å². The van der Waals surface area contributed by atoms with E-state index in [4.69, 9.17) is 4.74 Å². The molecule has 0 unspecified atom stereocenters. The molecular weight excluding hydrogens is 306 g/mol. The lowest BCUT2D eigenvalue weighted by molar-refractivity contribution is 0.332. The SMILES string of the molecule is Cc1cnc(C)c(NCCOc2ccc(Br)cc2)n1. The van der Waals surface area contributed by atoms with E-state index in [1.807, 2.05) is 38.1 Å². The minimum absolute atomic E-state index is 0.580. The molecule has 1 aromatic carbocycles.